The Kier molecular flexibility index (Phi) is 4.05. The molecule has 1 saturated carbocycles. The second-order valence-electron chi connectivity index (χ2n) is 9.29. The smallest absolute Gasteiger partial charge is 0.396 e. The molecule has 6 rings (SSSR count). The highest BCUT2D eigenvalue weighted by molar-refractivity contribution is 5.58. The van der Waals surface area contributed by atoms with E-state index < -0.39 is 23.2 Å². The fourth-order valence-corrected chi connectivity index (χ4v) is 5.10. The molecule has 3 fully saturated rings. The van der Waals surface area contributed by atoms with Gasteiger partial charge in [0, 0.05) is 5.41 Å². The molecule has 2 bridgehead atoms. The highest BCUT2D eigenvalue weighted by Crippen LogP contribution is 2.53. The fourth-order valence-electron chi connectivity index (χ4n) is 5.10. The summed E-state index contributed by atoms with van der Waals surface area (Å²) in [5.41, 5.74) is -1.79. The van der Waals surface area contributed by atoms with Crippen LogP contribution in [0.2, 0.25) is 0 Å². The van der Waals surface area contributed by atoms with Crippen LogP contribution in [0, 0.1) is 5.41 Å². The van der Waals surface area contributed by atoms with Crippen molar-refractivity contribution in [2.24, 2.45) is 5.41 Å². The first-order valence-electron chi connectivity index (χ1n) is 10.2. The van der Waals surface area contributed by atoms with Gasteiger partial charge < -0.3 is 19.5 Å². The average molecular weight is 426 g/mol. The molecule has 2 aromatic rings. The van der Waals surface area contributed by atoms with Gasteiger partial charge in [-0.25, -0.2) is 4.98 Å². The zero-order valence-corrected chi connectivity index (χ0v) is 16.9. The maximum Gasteiger partial charge on any atom is 0.424 e. The molecule has 0 unspecified atom stereocenters. The summed E-state index contributed by atoms with van der Waals surface area (Å²) in [7, 11) is 0. The number of nitrogens with zero attached hydrogens (tertiary/aromatic N) is 4. The van der Waals surface area contributed by atoms with E-state index in [4.69, 9.17) is 9.84 Å². The Morgan fingerprint density at radius 2 is 1.93 bits per heavy atom. The highest BCUT2D eigenvalue weighted by atomic mass is 19.4. The Hall–Kier alpha value is -1.91. The third-order valence-electron chi connectivity index (χ3n) is 7.28. The van der Waals surface area contributed by atoms with E-state index in [0.29, 0.717) is 24.5 Å². The molecule has 4 aliphatic rings. The minimum Gasteiger partial charge on any atom is -0.396 e. The van der Waals surface area contributed by atoms with Crippen molar-refractivity contribution in [1.82, 2.24) is 19.3 Å². The van der Waals surface area contributed by atoms with Crippen LogP contribution in [0.25, 0.3) is 11.4 Å². The number of halogens is 3. The number of imidazole rings is 1. The number of aromatic nitrogens is 4. The monoisotopic (exact) mass is 426 g/mol. The second-order valence-corrected chi connectivity index (χ2v) is 9.29. The van der Waals surface area contributed by atoms with Crippen molar-refractivity contribution in [3.8, 4) is 11.4 Å². The molecule has 10 heteroatoms. The lowest BCUT2D eigenvalue weighted by Gasteiger charge is -2.51. The maximum absolute atomic E-state index is 13.4. The summed E-state index contributed by atoms with van der Waals surface area (Å²) in [6.07, 6.45) is -0.232. The van der Waals surface area contributed by atoms with Crippen LogP contribution in [0.1, 0.15) is 57.1 Å². The van der Waals surface area contributed by atoms with Crippen molar-refractivity contribution in [2.75, 3.05) is 13.2 Å². The number of ether oxygens (including phenoxy) is 1. The van der Waals surface area contributed by atoms with Crippen LogP contribution in [-0.4, -0.2) is 48.9 Å². The van der Waals surface area contributed by atoms with Crippen LogP contribution in [0.5, 0.6) is 0 Å². The molecule has 2 N–H and O–H groups in total. The predicted molar refractivity (Wildman–Crippen MR) is 99.4 cm³/mol. The molecule has 1 aliphatic carbocycles. The average Bonchev–Trinajstić information content (AvgIpc) is 3.34. The molecule has 30 heavy (non-hydrogen) atoms. The van der Waals surface area contributed by atoms with Crippen LogP contribution in [0.3, 0.4) is 0 Å². The van der Waals surface area contributed by atoms with Gasteiger partial charge in [0.1, 0.15) is 5.60 Å². The zero-order valence-electron chi connectivity index (χ0n) is 16.9. The quantitative estimate of drug-likeness (QED) is 0.789. The number of aliphatic hydroxyl groups is 2. The lowest BCUT2D eigenvalue weighted by molar-refractivity contribution is -0.262. The van der Waals surface area contributed by atoms with Gasteiger partial charge >= 0.3 is 6.18 Å². The van der Waals surface area contributed by atoms with E-state index in [0.717, 1.165) is 38.3 Å². The molecular weight excluding hydrogens is 401 g/mol. The number of hydrogen-bond acceptors (Lipinski definition) is 5. The number of hydrogen-bond donors (Lipinski definition) is 2. The van der Waals surface area contributed by atoms with Crippen LogP contribution >= 0.6 is 0 Å². The molecule has 2 atom stereocenters. The number of rotatable bonds is 3. The van der Waals surface area contributed by atoms with E-state index in [9.17, 15) is 23.4 Å². The van der Waals surface area contributed by atoms with Gasteiger partial charge in [0.2, 0.25) is 5.60 Å². The van der Waals surface area contributed by atoms with Crippen molar-refractivity contribution in [2.45, 2.75) is 69.5 Å². The molecule has 0 aromatic carbocycles. The number of fused-ring (bicyclic) bond motifs is 6. The van der Waals surface area contributed by atoms with Crippen LogP contribution in [0.4, 0.5) is 13.2 Å². The lowest BCUT2D eigenvalue weighted by atomic mass is 9.65. The Morgan fingerprint density at radius 1 is 1.23 bits per heavy atom. The summed E-state index contributed by atoms with van der Waals surface area (Å²) in [5.74, 6) is -0.413. The lowest BCUT2D eigenvalue weighted by Crippen LogP contribution is -2.51. The second kappa shape index (κ2) is 6.08. The maximum atomic E-state index is 13.4. The molecular formula is C20H25F3N4O3. The third-order valence-corrected chi connectivity index (χ3v) is 7.28. The van der Waals surface area contributed by atoms with E-state index in [-0.39, 0.29) is 18.1 Å². The molecule has 0 amide bonds. The van der Waals surface area contributed by atoms with Gasteiger partial charge in [-0.3, -0.25) is 4.68 Å². The fraction of sp³-hybridized carbons (Fsp3) is 0.700. The molecule has 2 saturated heterocycles. The first-order chi connectivity index (χ1) is 14.0. The molecule has 3 aliphatic heterocycles. The molecule has 0 radical (unpaired) electrons. The predicted octanol–water partition coefficient (Wildman–Crippen LogP) is 2.87. The summed E-state index contributed by atoms with van der Waals surface area (Å²) >= 11 is 0. The Labute approximate surface area is 171 Å². The van der Waals surface area contributed by atoms with Gasteiger partial charge in [0.15, 0.2) is 5.82 Å². The molecule has 2 aromatic heterocycles. The number of alkyl halides is 3. The highest BCUT2D eigenvalue weighted by Gasteiger charge is 2.55. The summed E-state index contributed by atoms with van der Waals surface area (Å²) in [6, 6.07) is 1.52. The summed E-state index contributed by atoms with van der Waals surface area (Å²) in [4.78, 5) is 3.97. The summed E-state index contributed by atoms with van der Waals surface area (Å²) in [5, 5.41) is 24.7. The summed E-state index contributed by atoms with van der Waals surface area (Å²) in [6.45, 7) is 3.49. The largest absolute Gasteiger partial charge is 0.424 e. The first-order valence-corrected chi connectivity index (χ1v) is 10.2. The van der Waals surface area contributed by atoms with Crippen molar-refractivity contribution in [3.05, 3.63) is 23.8 Å². The van der Waals surface area contributed by atoms with E-state index >= 15 is 0 Å². The van der Waals surface area contributed by atoms with Gasteiger partial charge in [-0.2, -0.15) is 18.3 Å². The number of aliphatic hydroxyl groups excluding tert-OH is 1. The van der Waals surface area contributed by atoms with Gasteiger partial charge in [0.25, 0.3) is 0 Å². The van der Waals surface area contributed by atoms with Gasteiger partial charge in [0.05, 0.1) is 49.1 Å². The van der Waals surface area contributed by atoms with Crippen LogP contribution < -0.4 is 0 Å². The Balaban J connectivity index is 1.55. The Bertz CT molecular complexity index is 970. The topological polar surface area (TPSA) is 85.3 Å². The van der Waals surface area contributed by atoms with Gasteiger partial charge in [-0.05, 0) is 45.6 Å². The first kappa shape index (κ1) is 20.0. The molecule has 0 spiro atoms. The van der Waals surface area contributed by atoms with E-state index in [1.807, 2.05) is 6.07 Å². The van der Waals surface area contributed by atoms with Crippen molar-refractivity contribution in [1.29, 1.82) is 0 Å². The minimum atomic E-state index is -4.84. The molecule has 5 heterocycles. The molecule has 164 valence electrons. The van der Waals surface area contributed by atoms with Crippen LogP contribution in [0.15, 0.2) is 12.3 Å². The van der Waals surface area contributed by atoms with Crippen molar-refractivity contribution < 1.29 is 28.1 Å². The normalized spacial score (nSPS) is 32.6. The molecule has 7 nitrogen and oxygen atoms in total. The van der Waals surface area contributed by atoms with Gasteiger partial charge in [-0.15, -0.1) is 0 Å². The SMILES string of the molecule is C[C@H]1Cn2nc(C34CCC(CO)(CC3)CO4)cc2-c2cnc([C@@](C)(O)C(F)(F)F)n21. The summed E-state index contributed by atoms with van der Waals surface area (Å²) < 4.78 is 49.8. The standard InChI is InChI=1S/C20H25F3N4O3/c1-12-9-26-13(14-8-24-16(27(12)14)17(2,29)20(21,22)23)7-15(25-26)19-5-3-18(10-28,4-6-19)11-30-19/h7-8,12,28-29H,3-6,9-11H2,1-2H3/t12-,17+,18?,19?/m0/s1. The van der Waals surface area contributed by atoms with Crippen molar-refractivity contribution >= 4 is 0 Å². The third kappa shape index (κ3) is 2.56. The van der Waals surface area contributed by atoms with E-state index in [1.165, 1.54) is 10.8 Å². The van der Waals surface area contributed by atoms with Gasteiger partial charge in [-0.1, -0.05) is 0 Å². The Morgan fingerprint density at radius 3 is 2.50 bits per heavy atom. The minimum absolute atomic E-state index is 0.112. The van der Waals surface area contributed by atoms with E-state index in [2.05, 4.69) is 4.98 Å². The van der Waals surface area contributed by atoms with E-state index in [1.54, 1.807) is 11.6 Å². The zero-order chi connectivity index (χ0) is 21.5. The van der Waals surface area contributed by atoms with Crippen molar-refractivity contribution in [3.63, 3.8) is 0 Å². The van der Waals surface area contributed by atoms with Crippen LogP contribution in [-0.2, 0) is 22.5 Å².